The van der Waals surface area contributed by atoms with E-state index in [0.717, 1.165) is 26.8 Å². The highest BCUT2D eigenvalue weighted by molar-refractivity contribution is 9.10. The van der Waals surface area contributed by atoms with Crippen LogP contribution in [0.25, 0.3) is 11.0 Å². The van der Waals surface area contributed by atoms with Gasteiger partial charge < -0.3 is 9.73 Å². The maximum Gasteiger partial charge on any atom is 0.134 e. The van der Waals surface area contributed by atoms with E-state index < -0.39 is 0 Å². The zero-order valence-electron chi connectivity index (χ0n) is 10.9. The van der Waals surface area contributed by atoms with Crippen LogP contribution in [0, 0.1) is 5.82 Å². The van der Waals surface area contributed by atoms with Crippen LogP contribution in [0.1, 0.15) is 17.4 Å². The van der Waals surface area contributed by atoms with Crippen LogP contribution < -0.4 is 5.32 Å². The number of nitrogens with one attached hydrogen (secondary N) is 1. The molecule has 0 fully saturated rings. The SMILES string of the molecule is CNC(c1cc2ccccc2o1)c1cc(F)ccc1Br. The normalized spacial score (nSPS) is 12.8. The van der Waals surface area contributed by atoms with Crippen LogP contribution in [0.2, 0.25) is 0 Å². The van der Waals surface area contributed by atoms with Crippen LogP contribution in [0.5, 0.6) is 0 Å². The Labute approximate surface area is 124 Å². The summed E-state index contributed by atoms with van der Waals surface area (Å²) in [6.45, 7) is 0. The summed E-state index contributed by atoms with van der Waals surface area (Å²) >= 11 is 3.46. The third-order valence-electron chi connectivity index (χ3n) is 3.29. The summed E-state index contributed by atoms with van der Waals surface area (Å²) in [7, 11) is 1.83. The third kappa shape index (κ3) is 2.37. The van der Waals surface area contributed by atoms with Crippen LogP contribution >= 0.6 is 15.9 Å². The van der Waals surface area contributed by atoms with E-state index in [-0.39, 0.29) is 11.9 Å². The number of para-hydroxylation sites is 1. The van der Waals surface area contributed by atoms with Gasteiger partial charge in [0.15, 0.2) is 0 Å². The first kappa shape index (κ1) is 13.3. The molecule has 1 N–H and O–H groups in total. The second-order valence-electron chi connectivity index (χ2n) is 4.57. The summed E-state index contributed by atoms with van der Waals surface area (Å²) in [6, 6.07) is 14.2. The van der Waals surface area contributed by atoms with Gasteiger partial charge in [-0.1, -0.05) is 34.1 Å². The summed E-state index contributed by atoms with van der Waals surface area (Å²) in [5.41, 5.74) is 1.64. The lowest BCUT2D eigenvalue weighted by Gasteiger charge is -2.15. The van der Waals surface area contributed by atoms with Crippen molar-refractivity contribution < 1.29 is 8.81 Å². The van der Waals surface area contributed by atoms with Gasteiger partial charge in [-0.05, 0) is 42.9 Å². The molecule has 2 aromatic carbocycles. The van der Waals surface area contributed by atoms with Crippen LogP contribution in [-0.2, 0) is 0 Å². The standard InChI is InChI=1S/C16H13BrFNO/c1-19-16(12-9-11(18)6-7-13(12)17)15-8-10-4-2-3-5-14(10)20-15/h2-9,16,19H,1H3. The van der Waals surface area contributed by atoms with Crippen molar-refractivity contribution >= 4 is 26.9 Å². The van der Waals surface area contributed by atoms with Crippen LogP contribution in [0.3, 0.4) is 0 Å². The van der Waals surface area contributed by atoms with Gasteiger partial charge in [-0.3, -0.25) is 0 Å². The molecule has 1 aromatic heterocycles. The van der Waals surface area contributed by atoms with E-state index in [4.69, 9.17) is 4.42 Å². The molecular weight excluding hydrogens is 321 g/mol. The number of halogens is 2. The Balaban J connectivity index is 2.11. The highest BCUT2D eigenvalue weighted by atomic mass is 79.9. The zero-order valence-corrected chi connectivity index (χ0v) is 12.4. The number of hydrogen-bond acceptors (Lipinski definition) is 2. The third-order valence-corrected chi connectivity index (χ3v) is 4.01. The minimum atomic E-state index is -0.264. The molecule has 0 aliphatic carbocycles. The fourth-order valence-electron chi connectivity index (χ4n) is 2.33. The van der Waals surface area contributed by atoms with Crippen molar-refractivity contribution in [2.75, 3.05) is 7.05 Å². The van der Waals surface area contributed by atoms with Gasteiger partial charge in [0, 0.05) is 9.86 Å². The lowest BCUT2D eigenvalue weighted by atomic mass is 10.0. The van der Waals surface area contributed by atoms with E-state index in [1.165, 1.54) is 12.1 Å². The quantitative estimate of drug-likeness (QED) is 0.755. The monoisotopic (exact) mass is 333 g/mol. The molecule has 0 saturated heterocycles. The van der Waals surface area contributed by atoms with Crippen LogP contribution in [-0.4, -0.2) is 7.05 Å². The van der Waals surface area contributed by atoms with E-state index in [1.54, 1.807) is 6.07 Å². The molecule has 3 rings (SSSR count). The summed E-state index contributed by atoms with van der Waals surface area (Å²) in [4.78, 5) is 0. The van der Waals surface area contributed by atoms with Gasteiger partial charge >= 0.3 is 0 Å². The average molecular weight is 334 g/mol. The van der Waals surface area contributed by atoms with Crippen molar-refractivity contribution in [3.63, 3.8) is 0 Å². The summed E-state index contributed by atoms with van der Waals surface area (Å²) < 4.78 is 20.2. The Bertz CT molecular complexity index is 720. The Kier molecular flexibility index (Phi) is 3.59. The molecular formula is C16H13BrFNO. The van der Waals surface area contributed by atoms with E-state index in [0.29, 0.717) is 0 Å². The zero-order chi connectivity index (χ0) is 14.1. The molecule has 1 heterocycles. The molecule has 2 nitrogen and oxygen atoms in total. The Morgan fingerprint density at radius 3 is 2.70 bits per heavy atom. The first-order valence-corrected chi connectivity index (χ1v) is 7.09. The van der Waals surface area contributed by atoms with Gasteiger partial charge in [0.2, 0.25) is 0 Å². The van der Waals surface area contributed by atoms with E-state index >= 15 is 0 Å². The van der Waals surface area contributed by atoms with Gasteiger partial charge in [0.25, 0.3) is 0 Å². The minimum absolute atomic E-state index is 0.201. The second-order valence-corrected chi connectivity index (χ2v) is 5.43. The van der Waals surface area contributed by atoms with Gasteiger partial charge in [0.1, 0.15) is 17.2 Å². The largest absolute Gasteiger partial charge is 0.459 e. The van der Waals surface area contributed by atoms with Crippen molar-refractivity contribution in [3.05, 3.63) is 70.1 Å². The summed E-state index contributed by atoms with van der Waals surface area (Å²) in [6.07, 6.45) is 0. The molecule has 0 bridgehead atoms. The van der Waals surface area contributed by atoms with Crippen LogP contribution in [0.4, 0.5) is 4.39 Å². The molecule has 1 unspecified atom stereocenters. The van der Waals surface area contributed by atoms with Crippen molar-refractivity contribution in [3.8, 4) is 0 Å². The maximum absolute atomic E-state index is 13.5. The van der Waals surface area contributed by atoms with Gasteiger partial charge in [-0.15, -0.1) is 0 Å². The fourth-order valence-corrected chi connectivity index (χ4v) is 2.81. The molecule has 20 heavy (non-hydrogen) atoms. The van der Waals surface area contributed by atoms with Crippen LogP contribution in [0.15, 0.2) is 57.4 Å². The Morgan fingerprint density at radius 1 is 1.15 bits per heavy atom. The van der Waals surface area contributed by atoms with E-state index in [1.807, 2.05) is 37.4 Å². The smallest absolute Gasteiger partial charge is 0.134 e. The molecule has 3 aromatic rings. The highest BCUT2D eigenvalue weighted by Gasteiger charge is 2.19. The number of hydrogen-bond donors (Lipinski definition) is 1. The molecule has 102 valence electrons. The fraction of sp³-hybridized carbons (Fsp3) is 0.125. The molecule has 0 saturated carbocycles. The van der Waals surface area contributed by atoms with E-state index in [2.05, 4.69) is 21.2 Å². The average Bonchev–Trinajstić information content (AvgIpc) is 2.87. The highest BCUT2D eigenvalue weighted by Crippen LogP contribution is 2.32. The Morgan fingerprint density at radius 2 is 1.95 bits per heavy atom. The number of furan rings is 1. The lowest BCUT2D eigenvalue weighted by molar-refractivity contribution is 0.489. The molecule has 0 spiro atoms. The summed E-state index contributed by atoms with van der Waals surface area (Å²) in [5, 5.41) is 4.21. The molecule has 0 amide bonds. The van der Waals surface area contributed by atoms with Gasteiger partial charge in [-0.2, -0.15) is 0 Å². The van der Waals surface area contributed by atoms with Gasteiger partial charge in [0.05, 0.1) is 6.04 Å². The van der Waals surface area contributed by atoms with Crippen molar-refractivity contribution in [1.29, 1.82) is 0 Å². The van der Waals surface area contributed by atoms with Crippen molar-refractivity contribution in [2.45, 2.75) is 6.04 Å². The number of rotatable bonds is 3. The predicted molar refractivity (Wildman–Crippen MR) is 81.2 cm³/mol. The molecule has 4 heteroatoms. The predicted octanol–water partition coefficient (Wildman–Crippen LogP) is 4.64. The second kappa shape index (κ2) is 5.38. The lowest BCUT2D eigenvalue weighted by Crippen LogP contribution is -2.17. The van der Waals surface area contributed by atoms with Crippen molar-refractivity contribution in [2.24, 2.45) is 0 Å². The molecule has 0 radical (unpaired) electrons. The first-order chi connectivity index (χ1) is 9.69. The van der Waals surface area contributed by atoms with E-state index in [9.17, 15) is 4.39 Å². The Hall–Kier alpha value is -1.65. The molecule has 1 atom stereocenters. The summed E-state index contributed by atoms with van der Waals surface area (Å²) in [5.74, 6) is 0.500. The molecule has 0 aliphatic rings. The molecule has 0 aliphatic heterocycles. The van der Waals surface area contributed by atoms with Gasteiger partial charge in [-0.25, -0.2) is 4.39 Å². The van der Waals surface area contributed by atoms with Crippen molar-refractivity contribution in [1.82, 2.24) is 5.32 Å². The first-order valence-electron chi connectivity index (χ1n) is 6.29. The maximum atomic E-state index is 13.5. The topological polar surface area (TPSA) is 25.2 Å². The number of fused-ring (bicyclic) bond motifs is 1. The minimum Gasteiger partial charge on any atom is -0.459 e. The number of benzene rings is 2.